The lowest BCUT2D eigenvalue weighted by Gasteiger charge is -2.40. The number of aliphatic hydroxyl groups excluding tert-OH is 1. The molecule has 1 saturated heterocycles. The van der Waals surface area contributed by atoms with Gasteiger partial charge in [-0.1, -0.05) is 6.92 Å². The summed E-state index contributed by atoms with van der Waals surface area (Å²) in [7, 11) is 0. The molecule has 1 aromatic carbocycles. The van der Waals surface area contributed by atoms with Crippen LogP contribution < -0.4 is 16.4 Å². The van der Waals surface area contributed by atoms with Gasteiger partial charge in [0.15, 0.2) is 0 Å². The maximum Gasteiger partial charge on any atom is 0.229 e. The number of aliphatic hydroxyl groups is 1. The largest absolute Gasteiger partial charge is 0.381 e. The van der Waals surface area contributed by atoms with Crippen LogP contribution >= 0.6 is 0 Å². The van der Waals surface area contributed by atoms with Crippen LogP contribution in [0.4, 0.5) is 20.4 Å². The second-order valence-electron chi connectivity index (χ2n) is 12.0. The molecule has 5 unspecified atom stereocenters. The van der Waals surface area contributed by atoms with E-state index in [1.807, 2.05) is 6.07 Å². The number of benzene rings is 1. The van der Waals surface area contributed by atoms with E-state index in [1.165, 1.54) is 16.6 Å². The van der Waals surface area contributed by atoms with E-state index in [0.29, 0.717) is 49.5 Å². The lowest BCUT2D eigenvalue weighted by molar-refractivity contribution is 0.0674. The van der Waals surface area contributed by atoms with Crippen molar-refractivity contribution in [1.82, 2.24) is 24.9 Å². The molecular formula is C32H36F2N8O2. The van der Waals surface area contributed by atoms with Crippen LogP contribution in [0, 0.1) is 28.9 Å². The zero-order chi connectivity index (χ0) is 31.0. The van der Waals surface area contributed by atoms with E-state index < -0.39 is 23.3 Å². The van der Waals surface area contributed by atoms with Gasteiger partial charge in [0.25, 0.3) is 0 Å². The molecule has 6 rings (SSSR count). The topological polar surface area (TPSA) is 146 Å². The quantitative estimate of drug-likeness (QED) is 0.224. The summed E-state index contributed by atoms with van der Waals surface area (Å²) in [6.45, 7) is 4.54. The van der Waals surface area contributed by atoms with E-state index in [0.717, 1.165) is 17.7 Å². The van der Waals surface area contributed by atoms with Crippen molar-refractivity contribution in [2.75, 3.05) is 18.5 Å². The van der Waals surface area contributed by atoms with Crippen LogP contribution in [-0.2, 0) is 10.2 Å². The molecule has 0 amide bonds. The van der Waals surface area contributed by atoms with Crippen LogP contribution in [0.5, 0.6) is 0 Å². The SMILES string of the molecule is CC(O)NC1C(C)CC(c2ccncc2Nc2ncc3ccc(-c4c(F)cc(C5(C#N)CCOCC5)cc4F)nn23)CC1N. The molecule has 10 nitrogen and oxygen atoms in total. The van der Waals surface area contributed by atoms with Gasteiger partial charge in [-0.2, -0.15) is 14.9 Å². The fourth-order valence-electron chi connectivity index (χ4n) is 6.78. The Hall–Kier alpha value is -4.02. The van der Waals surface area contributed by atoms with Crippen molar-refractivity contribution in [2.24, 2.45) is 11.7 Å². The van der Waals surface area contributed by atoms with E-state index in [9.17, 15) is 10.4 Å². The van der Waals surface area contributed by atoms with Gasteiger partial charge in [-0.15, -0.1) is 0 Å². The summed E-state index contributed by atoms with van der Waals surface area (Å²) in [5.74, 6) is -0.851. The smallest absolute Gasteiger partial charge is 0.229 e. The fraction of sp³-hybridized carbons (Fsp3) is 0.438. The number of anilines is 2. The molecule has 1 aliphatic heterocycles. The molecule has 0 spiro atoms. The zero-order valence-corrected chi connectivity index (χ0v) is 24.7. The second kappa shape index (κ2) is 12.2. The summed E-state index contributed by atoms with van der Waals surface area (Å²) in [5.41, 5.74) is 8.07. The number of nitriles is 1. The first-order valence-corrected chi connectivity index (χ1v) is 14.9. The normalized spacial score (nSPS) is 24.1. The predicted molar refractivity (Wildman–Crippen MR) is 161 cm³/mol. The summed E-state index contributed by atoms with van der Waals surface area (Å²) in [5, 5.41) is 30.8. The van der Waals surface area contributed by atoms with Crippen molar-refractivity contribution < 1.29 is 18.6 Å². The minimum absolute atomic E-state index is 0.000307. The summed E-state index contributed by atoms with van der Waals surface area (Å²) in [4.78, 5) is 8.80. The first kappa shape index (κ1) is 30.0. The third-order valence-corrected chi connectivity index (χ3v) is 9.06. The maximum atomic E-state index is 15.6. The highest BCUT2D eigenvalue weighted by molar-refractivity contribution is 5.66. The molecular weight excluding hydrogens is 566 g/mol. The molecule has 5 atom stereocenters. The number of nitrogens with zero attached hydrogens (tertiary/aromatic N) is 5. The van der Waals surface area contributed by atoms with E-state index in [4.69, 9.17) is 10.5 Å². The molecule has 5 N–H and O–H groups in total. The number of nitrogens with two attached hydrogens (primary N) is 1. The lowest BCUT2D eigenvalue weighted by Crippen LogP contribution is -2.55. The number of fused-ring (bicyclic) bond motifs is 1. The van der Waals surface area contributed by atoms with Gasteiger partial charge in [-0.05, 0) is 85.9 Å². The number of ether oxygens (including phenoxy) is 1. The van der Waals surface area contributed by atoms with Crippen molar-refractivity contribution in [3.8, 4) is 17.3 Å². The Bertz CT molecular complexity index is 1660. The Morgan fingerprint density at radius 1 is 1.16 bits per heavy atom. The molecule has 4 aromatic rings. The number of rotatable bonds is 7. The Morgan fingerprint density at radius 3 is 2.59 bits per heavy atom. The number of halogens is 2. The lowest BCUT2D eigenvalue weighted by atomic mass is 9.73. The highest BCUT2D eigenvalue weighted by atomic mass is 19.1. The highest BCUT2D eigenvalue weighted by Crippen LogP contribution is 2.40. The molecule has 2 aliphatic rings. The Morgan fingerprint density at radius 2 is 1.91 bits per heavy atom. The molecule has 12 heteroatoms. The van der Waals surface area contributed by atoms with Gasteiger partial charge in [0, 0.05) is 31.5 Å². The Kier molecular flexibility index (Phi) is 8.30. The predicted octanol–water partition coefficient (Wildman–Crippen LogP) is 4.52. The number of imidazole rings is 1. The number of pyridine rings is 1. The third kappa shape index (κ3) is 5.64. The molecule has 0 radical (unpaired) electrons. The molecule has 1 saturated carbocycles. The van der Waals surface area contributed by atoms with Gasteiger partial charge in [0.2, 0.25) is 5.95 Å². The highest BCUT2D eigenvalue weighted by Gasteiger charge is 2.37. The van der Waals surface area contributed by atoms with Crippen molar-refractivity contribution in [3.63, 3.8) is 0 Å². The summed E-state index contributed by atoms with van der Waals surface area (Å²) in [6, 6.07) is 9.81. The zero-order valence-electron chi connectivity index (χ0n) is 24.7. The Balaban J connectivity index is 1.30. The van der Waals surface area contributed by atoms with Gasteiger partial charge in [-0.3, -0.25) is 10.3 Å². The van der Waals surface area contributed by atoms with E-state index in [1.54, 1.807) is 37.6 Å². The first-order valence-electron chi connectivity index (χ1n) is 14.9. The average Bonchev–Trinajstić information content (AvgIpc) is 3.41. The molecule has 230 valence electrons. The van der Waals surface area contributed by atoms with Crippen molar-refractivity contribution in [2.45, 2.75) is 69.2 Å². The minimum Gasteiger partial charge on any atom is -0.381 e. The molecule has 3 aromatic heterocycles. The van der Waals surface area contributed by atoms with Crippen molar-refractivity contribution in [1.29, 1.82) is 5.26 Å². The molecule has 44 heavy (non-hydrogen) atoms. The maximum absolute atomic E-state index is 15.6. The molecule has 1 aliphatic carbocycles. The summed E-state index contributed by atoms with van der Waals surface area (Å²) < 4.78 is 38.0. The van der Waals surface area contributed by atoms with Gasteiger partial charge in [0.1, 0.15) is 17.9 Å². The van der Waals surface area contributed by atoms with E-state index >= 15 is 8.78 Å². The van der Waals surface area contributed by atoms with Gasteiger partial charge in [0.05, 0.1) is 46.3 Å². The number of aromatic nitrogens is 4. The van der Waals surface area contributed by atoms with E-state index in [2.05, 4.69) is 38.7 Å². The fourth-order valence-corrected chi connectivity index (χ4v) is 6.78. The number of hydrogen-bond donors (Lipinski definition) is 4. The number of nitrogens with one attached hydrogen (secondary N) is 2. The first-order chi connectivity index (χ1) is 21.2. The van der Waals surface area contributed by atoms with Gasteiger partial charge < -0.3 is 20.9 Å². The molecule has 4 heterocycles. The van der Waals surface area contributed by atoms with Crippen LogP contribution in [0.15, 0.2) is 48.9 Å². The minimum atomic E-state index is -0.993. The molecule has 2 fully saturated rings. The van der Waals surface area contributed by atoms with Crippen LogP contribution in [0.1, 0.15) is 56.6 Å². The average molecular weight is 603 g/mol. The Labute approximate surface area is 254 Å². The van der Waals surface area contributed by atoms with Crippen LogP contribution in [0.2, 0.25) is 0 Å². The van der Waals surface area contributed by atoms with Crippen molar-refractivity contribution >= 4 is 17.2 Å². The van der Waals surface area contributed by atoms with Crippen LogP contribution in [-0.4, -0.2) is 56.2 Å². The van der Waals surface area contributed by atoms with Crippen molar-refractivity contribution in [3.05, 3.63) is 71.7 Å². The second-order valence-corrected chi connectivity index (χ2v) is 12.0. The standard InChI is InChI=1S/C32H36F2N8O2/c1-18-11-20(12-26(36)30(18)39-19(2)43)23-5-8-37-16-28(23)40-31-38-15-22-3-4-27(41-42(22)31)29-24(33)13-21(14-25(29)34)32(17-35)6-9-44-10-7-32/h3-5,8,13-16,18-20,26,30,39,43H,6-7,9-12,36H2,1-2H3,(H,38,40). The van der Waals surface area contributed by atoms with Crippen LogP contribution in [0.25, 0.3) is 16.8 Å². The third-order valence-electron chi connectivity index (χ3n) is 9.06. The van der Waals surface area contributed by atoms with E-state index in [-0.39, 0.29) is 35.2 Å². The molecule has 0 bridgehead atoms. The monoisotopic (exact) mass is 602 g/mol. The summed E-state index contributed by atoms with van der Waals surface area (Å²) >= 11 is 0. The number of hydrogen-bond acceptors (Lipinski definition) is 9. The van der Waals surface area contributed by atoms with Gasteiger partial charge in [-0.25, -0.2) is 13.8 Å². The summed E-state index contributed by atoms with van der Waals surface area (Å²) in [6.07, 6.45) is 6.75. The van der Waals surface area contributed by atoms with Crippen LogP contribution in [0.3, 0.4) is 0 Å². The van der Waals surface area contributed by atoms with Gasteiger partial charge >= 0.3 is 0 Å².